The van der Waals surface area contributed by atoms with Gasteiger partial charge in [-0.25, -0.2) is 22.9 Å². The van der Waals surface area contributed by atoms with E-state index in [0.717, 1.165) is 5.51 Å². The van der Waals surface area contributed by atoms with Crippen LogP contribution >= 0.6 is 11.3 Å². The highest BCUT2D eigenvalue weighted by Gasteiger charge is 2.28. The number of aliphatic hydroxyl groups excluding tert-OH is 1. The summed E-state index contributed by atoms with van der Waals surface area (Å²) in [4.78, 5) is 14.5. The van der Waals surface area contributed by atoms with Gasteiger partial charge in [-0.15, -0.1) is 11.3 Å². The van der Waals surface area contributed by atoms with Crippen molar-refractivity contribution in [3.8, 4) is 0 Å². The van der Waals surface area contributed by atoms with Gasteiger partial charge in [-0.2, -0.15) is 0 Å². The first-order chi connectivity index (χ1) is 9.95. The molecule has 0 aliphatic rings. The van der Waals surface area contributed by atoms with E-state index in [2.05, 4.69) is 9.71 Å². The lowest BCUT2D eigenvalue weighted by Gasteiger charge is -2.16. The van der Waals surface area contributed by atoms with E-state index in [4.69, 9.17) is 5.11 Å². The molecule has 0 amide bonds. The van der Waals surface area contributed by atoms with E-state index >= 15 is 0 Å². The first-order valence-electron chi connectivity index (χ1n) is 5.80. The largest absolute Gasteiger partial charge is 0.476 e. The number of aliphatic hydroxyl groups is 1. The van der Waals surface area contributed by atoms with Gasteiger partial charge >= 0.3 is 5.97 Å². The molecule has 0 saturated carbocycles. The number of carboxylic acids is 1. The Hall–Kier alpha value is -1.81. The summed E-state index contributed by atoms with van der Waals surface area (Å²) in [7, 11) is -4.09. The highest BCUT2D eigenvalue weighted by Crippen LogP contribution is 2.23. The van der Waals surface area contributed by atoms with Crippen LogP contribution in [0.3, 0.4) is 0 Å². The van der Waals surface area contributed by atoms with Crippen LogP contribution in [-0.2, 0) is 10.0 Å². The molecule has 0 saturated heterocycles. The maximum atomic E-state index is 12.2. The molecule has 0 aliphatic heterocycles. The van der Waals surface area contributed by atoms with Crippen LogP contribution in [0.25, 0.3) is 0 Å². The molecule has 2 aromatic rings. The molecule has 0 radical (unpaired) electrons. The maximum Gasteiger partial charge on any atom is 0.356 e. The number of carboxylic acid groups (broad SMARTS) is 1. The fourth-order valence-electron chi connectivity index (χ4n) is 1.71. The third kappa shape index (κ3) is 3.45. The standard InChI is InChI=1S/C12H12N2O5S2/c15-6-9(8-4-2-1-3-5-8)14-21(18,19)12-10(11(16)17)13-7-20-12/h1-5,7,9,14-15H,6H2,(H,16,17)/t9-/m1/s1. The van der Waals surface area contributed by atoms with Crippen LogP contribution in [0.15, 0.2) is 40.1 Å². The molecule has 112 valence electrons. The van der Waals surface area contributed by atoms with E-state index in [9.17, 15) is 18.3 Å². The number of aromatic carboxylic acids is 1. The molecule has 0 unspecified atom stereocenters. The van der Waals surface area contributed by atoms with Crippen molar-refractivity contribution in [1.82, 2.24) is 9.71 Å². The Morgan fingerprint density at radius 2 is 2.00 bits per heavy atom. The van der Waals surface area contributed by atoms with E-state index < -0.39 is 34.3 Å². The number of aromatic nitrogens is 1. The van der Waals surface area contributed by atoms with E-state index in [0.29, 0.717) is 16.9 Å². The molecule has 1 heterocycles. The summed E-state index contributed by atoms with van der Waals surface area (Å²) in [5, 5.41) is 18.3. The number of sulfonamides is 1. The van der Waals surface area contributed by atoms with E-state index in [1.165, 1.54) is 0 Å². The van der Waals surface area contributed by atoms with Crippen LogP contribution in [0, 0.1) is 0 Å². The molecule has 0 bridgehead atoms. The molecular formula is C12H12N2O5S2. The van der Waals surface area contributed by atoms with Gasteiger partial charge in [-0.05, 0) is 5.56 Å². The lowest BCUT2D eigenvalue weighted by atomic mass is 10.1. The Balaban J connectivity index is 2.32. The van der Waals surface area contributed by atoms with Gasteiger partial charge in [-0.3, -0.25) is 0 Å². The van der Waals surface area contributed by atoms with Gasteiger partial charge in [0, 0.05) is 0 Å². The minimum atomic E-state index is -4.09. The van der Waals surface area contributed by atoms with Gasteiger partial charge in [0.1, 0.15) is 0 Å². The first-order valence-corrected chi connectivity index (χ1v) is 8.17. The Morgan fingerprint density at radius 1 is 1.33 bits per heavy atom. The van der Waals surface area contributed by atoms with Crippen molar-refractivity contribution >= 4 is 27.3 Å². The molecular weight excluding hydrogens is 316 g/mol. The Morgan fingerprint density at radius 3 is 2.57 bits per heavy atom. The Bertz CT molecular complexity index is 727. The number of benzene rings is 1. The number of rotatable bonds is 6. The van der Waals surface area contributed by atoms with E-state index in [1.807, 2.05) is 0 Å². The highest BCUT2D eigenvalue weighted by molar-refractivity contribution is 7.91. The van der Waals surface area contributed by atoms with Crippen molar-refractivity contribution in [2.75, 3.05) is 6.61 Å². The van der Waals surface area contributed by atoms with Crippen molar-refractivity contribution in [1.29, 1.82) is 0 Å². The summed E-state index contributed by atoms with van der Waals surface area (Å²) in [6.45, 7) is -0.454. The minimum Gasteiger partial charge on any atom is -0.476 e. The number of hydrogen-bond acceptors (Lipinski definition) is 6. The van der Waals surface area contributed by atoms with Crippen LogP contribution in [0.5, 0.6) is 0 Å². The molecule has 7 nitrogen and oxygen atoms in total. The topological polar surface area (TPSA) is 117 Å². The van der Waals surface area contributed by atoms with Crippen molar-refractivity contribution in [2.24, 2.45) is 0 Å². The highest BCUT2D eigenvalue weighted by atomic mass is 32.2. The second kappa shape index (κ2) is 6.31. The smallest absolute Gasteiger partial charge is 0.356 e. The van der Waals surface area contributed by atoms with Gasteiger partial charge in [0.05, 0.1) is 18.2 Å². The predicted octanol–water partition coefficient (Wildman–Crippen LogP) is 0.853. The zero-order chi connectivity index (χ0) is 15.5. The Labute approximate surface area is 125 Å². The molecule has 3 N–H and O–H groups in total. The third-order valence-corrected chi connectivity index (χ3v) is 5.50. The molecule has 1 aromatic heterocycles. The lowest BCUT2D eigenvalue weighted by molar-refractivity contribution is 0.0687. The van der Waals surface area contributed by atoms with Crippen molar-refractivity contribution < 1.29 is 23.4 Å². The minimum absolute atomic E-state index is 0.385. The van der Waals surface area contributed by atoms with Gasteiger partial charge in [0.15, 0.2) is 9.90 Å². The fourth-order valence-corrected chi connectivity index (χ4v) is 4.08. The number of hydrogen-bond donors (Lipinski definition) is 3. The average molecular weight is 328 g/mol. The lowest BCUT2D eigenvalue weighted by Crippen LogP contribution is -2.31. The van der Waals surface area contributed by atoms with Gasteiger partial charge in [0.25, 0.3) is 10.0 Å². The summed E-state index contributed by atoms with van der Waals surface area (Å²) in [5.41, 5.74) is 1.19. The van der Waals surface area contributed by atoms with Crippen molar-refractivity contribution in [2.45, 2.75) is 10.3 Å². The van der Waals surface area contributed by atoms with Gasteiger partial charge in [-0.1, -0.05) is 30.3 Å². The quantitative estimate of drug-likeness (QED) is 0.724. The number of nitrogens with zero attached hydrogens (tertiary/aromatic N) is 1. The summed E-state index contributed by atoms with van der Waals surface area (Å²) < 4.78 is 26.4. The number of thiazole rings is 1. The van der Waals surface area contributed by atoms with E-state index in [1.54, 1.807) is 30.3 Å². The van der Waals surface area contributed by atoms with Crippen LogP contribution in [-0.4, -0.2) is 36.2 Å². The monoisotopic (exact) mass is 328 g/mol. The zero-order valence-electron chi connectivity index (χ0n) is 10.6. The first kappa shape index (κ1) is 15.6. The molecule has 21 heavy (non-hydrogen) atoms. The van der Waals surface area contributed by atoms with Crippen LogP contribution in [0.2, 0.25) is 0 Å². The van der Waals surface area contributed by atoms with E-state index in [-0.39, 0.29) is 4.21 Å². The SMILES string of the molecule is O=C(O)c1ncsc1S(=O)(=O)N[C@H](CO)c1ccccc1. The van der Waals surface area contributed by atoms with Crippen molar-refractivity contribution in [3.05, 3.63) is 47.1 Å². The average Bonchev–Trinajstić information content (AvgIpc) is 2.96. The predicted molar refractivity (Wildman–Crippen MR) is 75.7 cm³/mol. The summed E-state index contributed by atoms with van der Waals surface area (Å²) >= 11 is 0.708. The number of nitrogens with one attached hydrogen (secondary N) is 1. The Kier molecular flexibility index (Phi) is 4.68. The summed E-state index contributed by atoms with van der Waals surface area (Å²) in [6.07, 6.45) is 0. The molecule has 0 spiro atoms. The van der Waals surface area contributed by atoms with Crippen LogP contribution in [0.4, 0.5) is 0 Å². The second-order valence-corrected chi connectivity index (χ2v) is 6.82. The van der Waals surface area contributed by atoms with Gasteiger partial charge in [0.2, 0.25) is 0 Å². The van der Waals surface area contributed by atoms with Crippen LogP contribution in [0.1, 0.15) is 22.1 Å². The molecule has 0 aliphatic carbocycles. The summed E-state index contributed by atoms with van der Waals surface area (Å²) in [5.74, 6) is -1.42. The molecule has 0 fully saturated rings. The number of carbonyl (C=O) groups is 1. The zero-order valence-corrected chi connectivity index (χ0v) is 12.3. The van der Waals surface area contributed by atoms with Gasteiger partial charge < -0.3 is 10.2 Å². The van der Waals surface area contributed by atoms with Crippen molar-refractivity contribution in [3.63, 3.8) is 0 Å². The van der Waals surface area contributed by atoms with Crippen LogP contribution < -0.4 is 4.72 Å². The fraction of sp³-hybridized carbons (Fsp3) is 0.167. The molecule has 2 rings (SSSR count). The molecule has 1 atom stereocenters. The second-order valence-electron chi connectivity index (χ2n) is 4.06. The maximum absolute atomic E-state index is 12.2. The third-order valence-electron chi connectivity index (χ3n) is 2.66. The normalized spacial score (nSPS) is 13.0. The molecule has 1 aromatic carbocycles. The summed E-state index contributed by atoms with van der Waals surface area (Å²) in [6, 6.07) is 7.64. The molecule has 9 heteroatoms.